The van der Waals surface area contributed by atoms with E-state index < -0.39 is 0 Å². The summed E-state index contributed by atoms with van der Waals surface area (Å²) in [7, 11) is 0. The van der Waals surface area contributed by atoms with Crippen LogP contribution in [0.2, 0.25) is 0 Å². The maximum Gasteiger partial charge on any atom is 0.251 e. The molecule has 7 heteroatoms. The molecule has 0 atom stereocenters. The molecule has 0 radical (unpaired) electrons. The van der Waals surface area contributed by atoms with Crippen molar-refractivity contribution in [2.45, 2.75) is 13.1 Å². The molecule has 1 aliphatic rings. The fraction of sp³-hybridized carbons (Fsp3) is 0.316. The number of anilines is 1. The van der Waals surface area contributed by atoms with E-state index in [4.69, 9.17) is 10.5 Å². The first kappa shape index (κ1) is 22.3. The minimum Gasteiger partial charge on any atom is -0.399 e. The summed E-state index contributed by atoms with van der Waals surface area (Å²) in [5.41, 5.74) is 9.25. The topological polar surface area (TPSA) is 67.6 Å². The van der Waals surface area contributed by atoms with Crippen molar-refractivity contribution in [2.75, 3.05) is 32.0 Å². The van der Waals surface area contributed by atoms with Crippen LogP contribution in [0.1, 0.15) is 21.5 Å². The van der Waals surface area contributed by atoms with Gasteiger partial charge >= 0.3 is 0 Å². The van der Waals surface area contributed by atoms with Gasteiger partial charge in [-0.05, 0) is 29.3 Å². The lowest BCUT2D eigenvalue weighted by Gasteiger charge is -2.26. The quantitative estimate of drug-likeness (QED) is 0.761. The second-order valence-electron chi connectivity index (χ2n) is 6.02. The van der Waals surface area contributed by atoms with E-state index in [1.807, 2.05) is 12.1 Å². The molecule has 2 aromatic rings. The number of carbonyl (C=O) groups excluding carboxylic acids is 1. The average molecular weight is 398 g/mol. The zero-order chi connectivity index (χ0) is 16.8. The van der Waals surface area contributed by atoms with Crippen LogP contribution in [0.4, 0.5) is 5.69 Å². The normalized spacial score (nSPS) is 14.0. The zero-order valence-corrected chi connectivity index (χ0v) is 16.2. The lowest BCUT2D eigenvalue weighted by atomic mass is 10.1. The van der Waals surface area contributed by atoms with Gasteiger partial charge in [-0.1, -0.05) is 30.3 Å². The fourth-order valence-electron chi connectivity index (χ4n) is 2.82. The molecular weight excluding hydrogens is 373 g/mol. The van der Waals surface area contributed by atoms with E-state index in [1.54, 1.807) is 24.3 Å². The molecule has 1 aliphatic heterocycles. The Hall–Kier alpha value is -1.79. The van der Waals surface area contributed by atoms with Crippen molar-refractivity contribution in [1.29, 1.82) is 0 Å². The number of nitrogens with zero attached hydrogens (tertiary/aromatic N) is 1. The predicted octanol–water partition coefficient (Wildman–Crippen LogP) is 2.87. The predicted molar refractivity (Wildman–Crippen MR) is 109 cm³/mol. The second-order valence-corrected chi connectivity index (χ2v) is 6.02. The molecule has 3 N–H and O–H groups in total. The molecule has 0 spiro atoms. The van der Waals surface area contributed by atoms with E-state index in [1.165, 1.54) is 5.56 Å². The Morgan fingerprint density at radius 2 is 1.73 bits per heavy atom. The summed E-state index contributed by atoms with van der Waals surface area (Å²) >= 11 is 0. The van der Waals surface area contributed by atoms with Crippen LogP contribution < -0.4 is 11.1 Å². The van der Waals surface area contributed by atoms with Crippen molar-refractivity contribution < 1.29 is 9.53 Å². The maximum absolute atomic E-state index is 12.2. The maximum atomic E-state index is 12.2. The summed E-state index contributed by atoms with van der Waals surface area (Å²) in [5.74, 6) is -0.110. The van der Waals surface area contributed by atoms with Gasteiger partial charge in [0.1, 0.15) is 0 Å². The van der Waals surface area contributed by atoms with Crippen molar-refractivity contribution in [2.24, 2.45) is 0 Å². The number of nitrogen functional groups attached to an aromatic ring is 1. The van der Waals surface area contributed by atoms with E-state index in [0.717, 1.165) is 38.4 Å². The molecule has 2 aromatic carbocycles. The molecule has 0 saturated carbocycles. The van der Waals surface area contributed by atoms with Crippen LogP contribution in [-0.4, -0.2) is 37.1 Å². The minimum atomic E-state index is -0.110. The summed E-state index contributed by atoms with van der Waals surface area (Å²) in [5, 5.41) is 2.95. The van der Waals surface area contributed by atoms with Gasteiger partial charge in [-0.15, -0.1) is 24.8 Å². The number of ether oxygens (including phenoxy) is 1. The van der Waals surface area contributed by atoms with E-state index in [2.05, 4.69) is 22.3 Å². The first-order valence-electron chi connectivity index (χ1n) is 8.22. The molecule has 3 rings (SSSR count). The molecule has 0 unspecified atom stereocenters. The van der Waals surface area contributed by atoms with Crippen LogP contribution in [0.25, 0.3) is 0 Å². The van der Waals surface area contributed by atoms with Crippen molar-refractivity contribution in [3.8, 4) is 0 Å². The molecule has 26 heavy (non-hydrogen) atoms. The van der Waals surface area contributed by atoms with Gasteiger partial charge in [-0.25, -0.2) is 0 Å². The van der Waals surface area contributed by atoms with Crippen LogP contribution in [0.15, 0.2) is 48.5 Å². The molecular formula is C19H25Cl2N3O2. The number of hydrogen-bond acceptors (Lipinski definition) is 4. The first-order valence-corrected chi connectivity index (χ1v) is 8.22. The molecule has 0 bridgehead atoms. The highest BCUT2D eigenvalue weighted by atomic mass is 35.5. The van der Waals surface area contributed by atoms with Crippen LogP contribution in [-0.2, 0) is 17.8 Å². The van der Waals surface area contributed by atoms with E-state index >= 15 is 0 Å². The van der Waals surface area contributed by atoms with E-state index in [0.29, 0.717) is 17.8 Å². The van der Waals surface area contributed by atoms with Gasteiger partial charge in [-0.3, -0.25) is 9.69 Å². The van der Waals surface area contributed by atoms with Gasteiger partial charge in [0.2, 0.25) is 0 Å². The van der Waals surface area contributed by atoms with Gasteiger partial charge in [0.15, 0.2) is 0 Å². The standard InChI is InChI=1S/C19H23N3O2.2ClH/c20-18-6-2-5-17(12-18)19(23)21-13-15-3-1-4-16(11-15)14-22-7-9-24-10-8-22;;/h1-6,11-12H,7-10,13-14,20H2,(H,21,23);2*1H. The molecule has 5 nitrogen and oxygen atoms in total. The number of nitrogens with one attached hydrogen (secondary N) is 1. The van der Waals surface area contributed by atoms with E-state index in [9.17, 15) is 4.79 Å². The highest BCUT2D eigenvalue weighted by Crippen LogP contribution is 2.11. The van der Waals surface area contributed by atoms with Crippen LogP contribution in [0.5, 0.6) is 0 Å². The van der Waals surface area contributed by atoms with Gasteiger partial charge in [0.05, 0.1) is 13.2 Å². The third kappa shape index (κ3) is 6.50. The lowest BCUT2D eigenvalue weighted by Crippen LogP contribution is -2.35. The molecule has 1 heterocycles. The Labute approximate surface area is 166 Å². The first-order chi connectivity index (χ1) is 11.7. The van der Waals surface area contributed by atoms with Crippen LogP contribution in [0, 0.1) is 0 Å². The molecule has 1 fully saturated rings. The molecule has 0 aromatic heterocycles. The Morgan fingerprint density at radius 3 is 2.46 bits per heavy atom. The van der Waals surface area contributed by atoms with Crippen LogP contribution >= 0.6 is 24.8 Å². The summed E-state index contributed by atoms with van der Waals surface area (Å²) in [4.78, 5) is 14.6. The highest BCUT2D eigenvalue weighted by molar-refractivity contribution is 5.94. The highest BCUT2D eigenvalue weighted by Gasteiger charge is 2.11. The monoisotopic (exact) mass is 397 g/mol. The third-order valence-electron chi connectivity index (χ3n) is 4.10. The largest absolute Gasteiger partial charge is 0.399 e. The van der Waals surface area contributed by atoms with Crippen molar-refractivity contribution in [3.63, 3.8) is 0 Å². The summed E-state index contributed by atoms with van der Waals surface area (Å²) in [6.45, 7) is 4.96. The smallest absolute Gasteiger partial charge is 0.251 e. The number of hydrogen-bond donors (Lipinski definition) is 2. The average Bonchev–Trinajstić information content (AvgIpc) is 2.61. The number of amides is 1. The van der Waals surface area contributed by atoms with Crippen molar-refractivity contribution in [1.82, 2.24) is 10.2 Å². The van der Waals surface area contributed by atoms with Gasteiger partial charge in [0.25, 0.3) is 5.91 Å². The van der Waals surface area contributed by atoms with Crippen LogP contribution in [0.3, 0.4) is 0 Å². The van der Waals surface area contributed by atoms with Gasteiger partial charge in [-0.2, -0.15) is 0 Å². The third-order valence-corrected chi connectivity index (χ3v) is 4.10. The number of halogens is 2. The van der Waals surface area contributed by atoms with Gasteiger partial charge < -0.3 is 15.8 Å². The Balaban J connectivity index is 0.00000169. The summed E-state index contributed by atoms with van der Waals surface area (Å²) < 4.78 is 5.38. The lowest BCUT2D eigenvalue weighted by molar-refractivity contribution is 0.0342. The number of morpholine rings is 1. The van der Waals surface area contributed by atoms with E-state index in [-0.39, 0.29) is 30.7 Å². The Kier molecular flexibility index (Phi) is 9.44. The fourth-order valence-corrected chi connectivity index (χ4v) is 2.82. The number of rotatable bonds is 5. The van der Waals surface area contributed by atoms with Gasteiger partial charge in [0, 0.05) is 37.4 Å². The summed E-state index contributed by atoms with van der Waals surface area (Å²) in [6.07, 6.45) is 0. The SMILES string of the molecule is Cl.Cl.Nc1cccc(C(=O)NCc2cccc(CN3CCOCC3)c2)c1. The Bertz CT molecular complexity index is 707. The minimum absolute atomic E-state index is 0. The second kappa shape index (κ2) is 11.0. The van der Waals surface area contributed by atoms with Crippen molar-refractivity contribution in [3.05, 3.63) is 65.2 Å². The number of carbonyl (C=O) groups is 1. The number of nitrogens with two attached hydrogens (primary N) is 1. The number of benzene rings is 2. The molecule has 1 amide bonds. The molecule has 1 saturated heterocycles. The molecule has 142 valence electrons. The molecule has 0 aliphatic carbocycles. The zero-order valence-electron chi connectivity index (χ0n) is 14.5. The summed E-state index contributed by atoms with van der Waals surface area (Å²) in [6, 6.07) is 15.3. The Morgan fingerprint density at radius 1 is 1.04 bits per heavy atom. The van der Waals surface area contributed by atoms with Crippen molar-refractivity contribution >= 4 is 36.4 Å².